The van der Waals surface area contributed by atoms with E-state index in [-0.39, 0.29) is 35.7 Å². The Hall–Kier alpha value is -4.64. The SMILES string of the molecule is CCN(CCNS(C)(=O)=O)c1ccc(N=C2C(Oc3ccccc3OC)=Nn3nc(C(C)CNS(=O)Oc4cc(C(C)(C)CC(C)(C)C)ccc4C)nc32)c(C)c1. The highest BCUT2D eigenvalue weighted by Gasteiger charge is 2.32. The number of anilines is 1. The maximum atomic E-state index is 13.2. The molecule has 0 radical (unpaired) electrons. The first-order valence-electron chi connectivity index (χ1n) is 19.0. The maximum absolute atomic E-state index is 13.2. The number of likely N-dealkylation sites (N-methyl/N-ethyl adjacent to an activating group) is 1. The molecule has 308 valence electrons. The number of hydrogen-bond acceptors (Lipinski definition) is 11. The number of nitrogens with one attached hydrogen (secondary N) is 2. The molecular weight excluding hydrogens is 765 g/mol. The number of fused-ring (bicyclic) bond motifs is 1. The monoisotopic (exact) mass is 820 g/mol. The molecule has 2 atom stereocenters. The van der Waals surface area contributed by atoms with E-state index in [4.69, 9.17) is 23.6 Å². The number of aryl methyl sites for hydroxylation is 2. The lowest BCUT2D eigenvalue weighted by Crippen LogP contribution is -2.34. The number of aromatic nitrogens is 3. The molecule has 0 aliphatic carbocycles. The van der Waals surface area contributed by atoms with Gasteiger partial charge in [0.2, 0.25) is 15.8 Å². The highest BCUT2D eigenvalue weighted by atomic mass is 32.2. The van der Waals surface area contributed by atoms with Crippen LogP contribution in [0.1, 0.15) is 89.1 Å². The molecule has 1 aromatic heterocycles. The third-order valence-electron chi connectivity index (χ3n) is 9.44. The van der Waals surface area contributed by atoms with Crippen LogP contribution >= 0.6 is 0 Å². The van der Waals surface area contributed by atoms with Gasteiger partial charge in [0, 0.05) is 37.8 Å². The molecule has 4 aromatic rings. The Morgan fingerprint density at radius 2 is 1.70 bits per heavy atom. The molecule has 14 nitrogen and oxygen atoms in total. The van der Waals surface area contributed by atoms with Crippen LogP contribution in [-0.4, -0.2) is 78.7 Å². The molecule has 0 saturated carbocycles. The summed E-state index contributed by atoms with van der Waals surface area (Å²) in [4.78, 5) is 13.3. The van der Waals surface area contributed by atoms with Crippen molar-refractivity contribution in [2.45, 2.75) is 80.1 Å². The van der Waals surface area contributed by atoms with E-state index < -0.39 is 21.3 Å². The zero-order valence-electron chi connectivity index (χ0n) is 34.8. The summed E-state index contributed by atoms with van der Waals surface area (Å²) in [5.74, 6) is 2.31. The lowest BCUT2D eigenvalue weighted by Gasteiger charge is -2.33. The first-order chi connectivity index (χ1) is 26.8. The summed E-state index contributed by atoms with van der Waals surface area (Å²) in [6.07, 6.45) is 2.13. The van der Waals surface area contributed by atoms with E-state index in [9.17, 15) is 12.6 Å². The Morgan fingerprint density at radius 3 is 2.35 bits per heavy atom. The topological polar surface area (TPSA) is 162 Å². The van der Waals surface area contributed by atoms with Gasteiger partial charge in [-0.1, -0.05) is 65.8 Å². The van der Waals surface area contributed by atoms with Crippen LogP contribution in [0.5, 0.6) is 17.2 Å². The minimum atomic E-state index is -3.29. The van der Waals surface area contributed by atoms with Crippen molar-refractivity contribution in [3.63, 3.8) is 0 Å². The van der Waals surface area contributed by atoms with Gasteiger partial charge in [0.15, 0.2) is 23.0 Å². The first-order valence-corrected chi connectivity index (χ1v) is 21.9. The molecule has 2 unspecified atom stereocenters. The van der Waals surface area contributed by atoms with Crippen LogP contribution in [0, 0.1) is 19.3 Å². The van der Waals surface area contributed by atoms with E-state index in [0.29, 0.717) is 53.4 Å². The van der Waals surface area contributed by atoms with Gasteiger partial charge in [-0.3, -0.25) is 0 Å². The van der Waals surface area contributed by atoms with Crippen LogP contribution < -0.4 is 28.0 Å². The largest absolute Gasteiger partial charge is 0.493 e. The number of para-hydroxylation sites is 2. The van der Waals surface area contributed by atoms with Crippen molar-refractivity contribution < 1.29 is 26.3 Å². The number of aliphatic imine (C=N–C) groups is 1. The Morgan fingerprint density at radius 1 is 0.982 bits per heavy atom. The predicted molar refractivity (Wildman–Crippen MR) is 228 cm³/mol. The summed E-state index contributed by atoms with van der Waals surface area (Å²) >= 11 is -1.83. The van der Waals surface area contributed by atoms with Crippen molar-refractivity contribution in [1.29, 1.82) is 0 Å². The molecule has 0 saturated heterocycles. The van der Waals surface area contributed by atoms with Crippen LogP contribution in [0.25, 0.3) is 0 Å². The average molecular weight is 821 g/mol. The van der Waals surface area contributed by atoms with Crippen LogP contribution in [0.15, 0.2) is 70.8 Å². The fraction of sp³-hybridized carbons (Fsp3) is 0.463. The normalized spacial score (nSPS) is 14.9. The van der Waals surface area contributed by atoms with E-state index in [1.54, 1.807) is 19.2 Å². The number of nitrogens with zero attached hydrogens (tertiary/aromatic N) is 6. The van der Waals surface area contributed by atoms with Gasteiger partial charge in [-0.15, -0.1) is 15.0 Å². The molecule has 0 amide bonds. The zero-order valence-corrected chi connectivity index (χ0v) is 36.5. The van der Waals surface area contributed by atoms with Crippen LogP contribution in [0.4, 0.5) is 11.4 Å². The molecule has 57 heavy (non-hydrogen) atoms. The molecule has 0 bridgehead atoms. The Labute approximate surface area is 340 Å². The summed E-state index contributed by atoms with van der Waals surface area (Å²) in [5.41, 5.74) is 4.91. The summed E-state index contributed by atoms with van der Waals surface area (Å²) in [7, 11) is -1.73. The standard InChI is InChI=1S/C41H56N8O6S2/c1-12-48(22-21-43-57(11,51)52)31-19-20-32(28(3)23-31)44-36-38-45-37(46-49(38)47-39(36)54-34-16-14-13-15-33(34)53-10)29(4)25-42-56(50)55-35-24-30(18-17-27(35)2)41(8,9)26-40(5,6)7/h13-20,23-24,29,42-43H,12,21-22,25-26H2,1-11H3. The van der Waals surface area contributed by atoms with Gasteiger partial charge in [0.25, 0.3) is 17.2 Å². The molecule has 2 heterocycles. The van der Waals surface area contributed by atoms with Crippen molar-refractivity contribution in [1.82, 2.24) is 24.3 Å². The van der Waals surface area contributed by atoms with Gasteiger partial charge < -0.3 is 18.6 Å². The summed E-state index contributed by atoms with van der Waals surface area (Å²) < 4.78 is 59.6. The lowest BCUT2D eigenvalue weighted by molar-refractivity contribution is 0.284. The van der Waals surface area contributed by atoms with E-state index in [2.05, 4.69) is 65.2 Å². The first kappa shape index (κ1) is 43.5. The number of hydrogen-bond donors (Lipinski definition) is 2. The van der Waals surface area contributed by atoms with Crippen molar-refractivity contribution in [2.24, 2.45) is 15.5 Å². The number of methoxy groups -OCH3 is 1. The molecule has 2 N–H and O–H groups in total. The highest BCUT2D eigenvalue weighted by molar-refractivity contribution is 7.88. The average Bonchev–Trinajstić information content (AvgIpc) is 3.68. The fourth-order valence-corrected chi connectivity index (χ4v) is 8.05. The van der Waals surface area contributed by atoms with Gasteiger partial charge in [-0.2, -0.15) is 4.21 Å². The molecular formula is C41H56N8O6S2. The second-order valence-electron chi connectivity index (χ2n) is 16.2. The minimum Gasteiger partial charge on any atom is -0.493 e. The van der Waals surface area contributed by atoms with Crippen molar-refractivity contribution in [3.8, 4) is 17.2 Å². The number of ether oxygens (including phenoxy) is 2. The van der Waals surface area contributed by atoms with Crippen LogP contribution in [0.3, 0.4) is 0 Å². The molecule has 1 aliphatic rings. The van der Waals surface area contributed by atoms with Crippen molar-refractivity contribution >= 4 is 44.3 Å². The van der Waals surface area contributed by atoms with Gasteiger partial charge in [0.05, 0.1) is 19.1 Å². The van der Waals surface area contributed by atoms with Crippen molar-refractivity contribution in [2.75, 3.05) is 44.4 Å². The van der Waals surface area contributed by atoms with Crippen LogP contribution in [-0.2, 0) is 26.7 Å². The Kier molecular flexibility index (Phi) is 13.6. The molecule has 0 fully saturated rings. The third kappa shape index (κ3) is 11.5. The second kappa shape index (κ2) is 17.9. The molecule has 0 spiro atoms. The van der Waals surface area contributed by atoms with Crippen LogP contribution in [0.2, 0.25) is 0 Å². The third-order valence-corrected chi connectivity index (χ3v) is 10.9. The van der Waals surface area contributed by atoms with Gasteiger partial charge in [-0.25, -0.2) is 27.8 Å². The van der Waals surface area contributed by atoms with Gasteiger partial charge in [0.1, 0.15) is 5.75 Å². The molecule has 3 aromatic carbocycles. The maximum Gasteiger partial charge on any atom is 0.288 e. The molecule has 5 rings (SSSR count). The van der Waals surface area contributed by atoms with Crippen molar-refractivity contribution in [3.05, 3.63) is 89.0 Å². The fourth-order valence-electron chi connectivity index (χ4n) is 6.80. The van der Waals surface area contributed by atoms with Gasteiger partial charge >= 0.3 is 0 Å². The number of benzene rings is 3. The summed E-state index contributed by atoms with van der Waals surface area (Å²) in [6, 6.07) is 19.2. The quantitative estimate of drug-likeness (QED) is 0.118. The van der Waals surface area contributed by atoms with Gasteiger partial charge in [-0.05, 0) is 91.1 Å². The van der Waals surface area contributed by atoms with E-state index >= 15 is 0 Å². The minimum absolute atomic E-state index is 0.0947. The van der Waals surface area contributed by atoms with E-state index in [1.165, 1.54) is 4.79 Å². The predicted octanol–water partition coefficient (Wildman–Crippen LogP) is 6.72. The molecule has 1 aliphatic heterocycles. The number of rotatable bonds is 17. The number of sulfonamides is 1. The zero-order chi connectivity index (χ0) is 41.7. The van der Waals surface area contributed by atoms with E-state index in [0.717, 1.165) is 35.1 Å². The Balaban J connectivity index is 1.36. The van der Waals surface area contributed by atoms with E-state index in [1.807, 2.05) is 70.2 Å². The highest BCUT2D eigenvalue weighted by Crippen LogP contribution is 2.38. The smallest absolute Gasteiger partial charge is 0.288 e. The second-order valence-corrected chi connectivity index (χ2v) is 18.9. The Bertz CT molecular complexity index is 2260. The molecule has 16 heteroatoms. The summed E-state index contributed by atoms with van der Waals surface area (Å²) in [6.45, 7) is 20.7. The summed E-state index contributed by atoms with van der Waals surface area (Å²) in [5, 5.41) is 9.31. The lowest BCUT2D eigenvalue weighted by atomic mass is 9.72.